The zero-order valence-electron chi connectivity index (χ0n) is 12.7. The fraction of sp³-hybridized carbons (Fsp3) is 0.467. The molecule has 0 amide bonds. The van der Waals surface area contributed by atoms with Gasteiger partial charge in [0.1, 0.15) is 0 Å². The van der Waals surface area contributed by atoms with Crippen LogP contribution < -0.4 is 0 Å². The van der Waals surface area contributed by atoms with Crippen LogP contribution in [0.15, 0.2) is 27.4 Å². The van der Waals surface area contributed by atoms with Crippen LogP contribution in [0.3, 0.4) is 0 Å². The number of rotatable bonds is 8. The minimum Gasteiger partial charge on any atom is -0.210 e. The lowest BCUT2D eigenvalue weighted by atomic mass is 9.97. The Morgan fingerprint density at radius 1 is 0.923 bits per heavy atom. The van der Waals surface area contributed by atoms with Gasteiger partial charge in [-0.2, -0.15) is 0 Å². The van der Waals surface area contributed by atoms with Gasteiger partial charge in [0, 0.05) is 10.4 Å². The Balaban J connectivity index is 2.22. The van der Waals surface area contributed by atoms with E-state index in [-0.39, 0.29) is 4.88 Å². The van der Waals surface area contributed by atoms with E-state index in [4.69, 9.17) is 0 Å². The quantitative estimate of drug-likeness (QED) is 0.331. The molecular formula is C15H11BrF8S2. The summed E-state index contributed by atoms with van der Waals surface area (Å²) in [5.74, 6) is -13.1. The molecule has 11 heteroatoms. The van der Waals surface area contributed by atoms with Gasteiger partial charge in [-0.1, -0.05) is 0 Å². The Kier molecular flexibility index (Phi) is 6.44. The largest absolute Gasteiger partial charge is 0.280 e. The maximum absolute atomic E-state index is 14.4. The van der Waals surface area contributed by atoms with E-state index >= 15 is 0 Å². The van der Waals surface area contributed by atoms with E-state index in [1.54, 1.807) is 6.07 Å². The van der Waals surface area contributed by atoms with Crippen molar-refractivity contribution < 1.29 is 35.1 Å². The van der Waals surface area contributed by atoms with Crippen LogP contribution >= 0.6 is 38.6 Å². The number of thiophene rings is 2. The van der Waals surface area contributed by atoms with Crippen LogP contribution in [-0.2, 0) is 5.92 Å². The maximum atomic E-state index is 14.4. The first-order valence-corrected chi connectivity index (χ1v) is 9.56. The highest BCUT2D eigenvalue weighted by molar-refractivity contribution is 9.11. The summed E-state index contributed by atoms with van der Waals surface area (Å²) < 4.78 is 108. The molecule has 146 valence electrons. The molecule has 0 fully saturated rings. The van der Waals surface area contributed by atoms with Crippen molar-refractivity contribution in [2.24, 2.45) is 0 Å². The van der Waals surface area contributed by atoms with Gasteiger partial charge in [-0.25, -0.2) is 35.1 Å². The normalized spacial score (nSPS) is 13.6. The third-order valence-corrected chi connectivity index (χ3v) is 6.03. The molecule has 2 rings (SSSR count). The molecule has 0 aliphatic rings. The van der Waals surface area contributed by atoms with Gasteiger partial charge in [0.25, 0.3) is 17.8 Å². The topological polar surface area (TPSA) is 0 Å². The Morgan fingerprint density at radius 3 is 2.12 bits per heavy atom. The molecule has 0 atom stereocenters. The molecule has 0 N–H and O–H groups in total. The molecule has 0 unspecified atom stereocenters. The van der Waals surface area contributed by atoms with E-state index in [9.17, 15) is 35.1 Å². The molecule has 0 saturated heterocycles. The van der Waals surface area contributed by atoms with Gasteiger partial charge >= 0.3 is 0 Å². The van der Waals surface area contributed by atoms with Gasteiger partial charge in [0.2, 0.25) is 6.43 Å². The van der Waals surface area contributed by atoms with Gasteiger partial charge < -0.3 is 0 Å². The molecule has 0 bridgehead atoms. The SMILES string of the molecule is FC(F)CC(F)(F)CC(F)(F)CC(F)(F)c1ccsc1-c1ccc(Br)s1. The maximum Gasteiger partial charge on any atom is 0.280 e. The summed E-state index contributed by atoms with van der Waals surface area (Å²) in [5, 5.41) is 1.29. The summed E-state index contributed by atoms with van der Waals surface area (Å²) in [7, 11) is 0. The third kappa shape index (κ3) is 5.66. The lowest BCUT2D eigenvalue weighted by molar-refractivity contribution is -0.168. The average molecular weight is 487 g/mol. The number of hydrogen-bond acceptors (Lipinski definition) is 2. The van der Waals surface area contributed by atoms with Crippen molar-refractivity contribution in [2.45, 2.75) is 43.5 Å². The Hall–Kier alpha value is -0.680. The molecule has 0 saturated carbocycles. The molecule has 26 heavy (non-hydrogen) atoms. The highest BCUT2D eigenvalue weighted by Crippen LogP contribution is 2.49. The first kappa shape index (κ1) is 21.6. The predicted molar refractivity (Wildman–Crippen MR) is 89.0 cm³/mol. The van der Waals surface area contributed by atoms with Crippen molar-refractivity contribution >= 4 is 38.6 Å². The molecule has 2 heterocycles. The summed E-state index contributed by atoms with van der Waals surface area (Å²) in [6, 6.07) is 4.08. The first-order valence-electron chi connectivity index (χ1n) is 7.07. The fourth-order valence-corrected chi connectivity index (χ4v) is 4.86. The minimum atomic E-state index is -4.52. The monoisotopic (exact) mass is 486 g/mol. The fourth-order valence-electron chi connectivity index (χ4n) is 2.38. The van der Waals surface area contributed by atoms with Gasteiger partial charge in [-0.15, -0.1) is 22.7 Å². The number of halogens is 9. The standard InChI is InChI=1S/C15H11BrF8S2/c16-10-2-1-9(26-10)12-8(3-4-25-12)15(23,24)7-14(21,22)6-13(19,20)5-11(17)18/h1-4,11H,5-7H2. The van der Waals surface area contributed by atoms with Crippen LogP contribution in [0, 0.1) is 0 Å². The first-order chi connectivity index (χ1) is 11.8. The van der Waals surface area contributed by atoms with E-state index in [0.29, 0.717) is 8.66 Å². The molecule has 2 aromatic rings. The number of alkyl halides is 8. The van der Waals surface area contributed by atoms with Crippen molar-refractivity contribution in [1.82, 2.24) is 0 Å². The molecule has 0 aliphatic carbocycles. The van der Waals surface area contributed by atoms with Crippen LogP contribution in [0.5, 0.6) is 0 Å². The van der Waals surface area contributed by atoms with Gasteiger partial charge in [-0.05, 0) is 39.5 Å². The van der Waals surface area contributed by atoms with Gasteiger partial charge in [-0.3, -0.25) is 0 Å². The van der Waals surface area contributed by atoms with Crippen LogP contribution in [0.2, 0.25) is 0 Å². The summed E-state index contributed by atoms with van der Waals surface area (Å²) in [4.78, 5) is 0.466. The van der Waals surface area contributed by atoms with Gasteiger partial charge in [0.05, 0.1) is 27.9 Å². The Labute approximate surface area is 160 Å². The highest BCUT2D eigenvalue weighted by Gasteiger charge is 2.51. The Bertz CT molecular complexity index is 738. The van der Waals surface area contributed by atoms with Crippen molar-refractivity contribution in [3.05, 3.63) is 32.9 Å². The summed E-state index contributed by atoms with van der Waals surface area (Å²) in [6.45, 7) is 0. The highest BCUT2D eigenvalue weighted by atomic mass is 79.9. The smallest absolute Gasteiger partial charge is 0.210 e. The molecule has 0 radical (unpaired) electrons. The van der Waals surface area contributed by atoms with Crippen molar-refractivity contribution in [3.8, 4) is 9.75 Å². The van der Waals surface area contributed by atoms with Crippen LogP contribution in [0.25, 0.3) is 9.75 Å². The van der Waals surface area contributed by atoms with E-state index in [1.807, 2.05) is 0 Å². The van der Waals surface area contributed by atoms with Crippen molar-refractivity contribution in [2.75, 3.05) is 0 Å². The van der Waals surface area contributed by atoms with E-state index in [0.717, 1.165) is 28.7 Å². The van der Waals surface area contributed by atoms with Crippen molar-refractivity contribution in [3.63, 3.8) is 0 Å². The summed E-state index contributed by atoms with van der Waals surface area (Å²) in [5.41, 5.74) is -0.700. The van der Waals surface area contributed by atoms with E-state index in [2.05, 4.69) is 15.9 Å². The third-order valence-electron chi connectivity index (χ3n) is 3.31. The van der Waals surface area contributed by atoms with Crippen molar-refractivity contribution in [1.29, 1.82) is 0 Å². The van der Waals surface area contributed by atoms with Gasteiger partial charge in [0.15, 0.2) is 0 Å². The van der Waals surface area contributed by atoms with Crippen LogP contribution in [0.1, 0.15) is 24.8 Å². The molecular weight excluding hydrogens is 476 g/mol. The lowest BCUT2D eigenvalue weighted by Crippen LogP contribution is -2.35. The van der Waals surface area contributed by atoms with Crippen LogP contribution in [-0.4, -0.2) is 18.3 Å². The average Bonchev–Trinajstić information content (AvgIpc) is 3.01. The Morgan fingerprint density at radius 2 is 1.58 bits per heavy atom. The summed E-state index contributed by atoms with van der Waals surface area (Å²) >= 11 is 5.19. The van der Waals surface area contributed by atoms with Crippen LogP contribution in [0.4, 0.5) is 35.1 Å². The second kappa shape index (κ2) is 7.75. The lowest BCUT2D eigenvalue weighted by Gasteiger charge is -2.27. The minimum absolute atomic E-state index is 0.0563. The molecule has 2 aromatic heterocycles. The van der Waals surface area contributed by atoms with E-state index in [1.165, 1.54) is 11.4 Å². The zero-order valence-corrected chi connectivity index (χ0v) is 15.9. The predicted octanol–water partition coefficient (Wildman–Crippen LogP) is 8.04. The molecule has 0 nitrogen and oxygen atoms in total. The molecule has 0 aliphatic heterocycles. The second-order valence-electron chi connectivity index (χ2n) is 5.63. The molecule has 0 spiro atoms. The zero-order chi connectivity index (χ0) is 19.8. The number of hydrogen-bond donors (Lipinski definition) is 0. The molecule has 0 aromatic carbocycles. The second-order valence-corrected chi connectivity index (χ2v) is 9.01. The van der Waals surface area contributed by atoms with E-state index < -0.39 is 49.0 Å². The summed E-state index contributed by atoms with van der Waals surface area (Å²) in [6.07, 6.45) is -10.2.